The van der Waals surface area contributed by atoms with Crippen LogP contribution in [0, 0.1) is 6.92 Å². The SMILES string of the molecule is Cc1cccc2nc(CNC(=O)COCc3ccccc3)cn12. The maximum absolute atomic E-state index is 11.8. The minimum Gasteiger partial charge on any atom is -0.367 e. The number of imidazole rings is 1. The van der Waals surface area contributed by atoms with Crippen LogP contribution >= 0.6 is 0 Å². The predicted octanol–water partition coefficient (Wildman–Crippen LogP) is 2.48. The molecular weight excluding hydrogens is 290 g/mol. The van der Waals surface area contributed by atoms with Crippen LogP contribution in [0.1, 0.15) is 17.0 Å². The zero-order valence-electron chi connectivity index (χ0n) is 13.0. The number of fused-ring (bicyclic) bond motifs is 1. The lowest BCUT2D eigenvalue weighted by molar-refractivity contribution is -0.126. The van der Waals surface area contributed by atoms with Crippen molar-refractivity contribution < 1.29 is 9.53 Å². The molecule has 5 heteroatoms. The topological polar surface area (TPSA) is 55.6 Å². The van der Waals surface area contributed by atoms with Crippen molar-refractivity contribution in [2.75, 3.05) is 6.61 Å². The van der Waals surface area contributed by atoms with Gasteiger partial charge in [0.15, 0.2) is 0 Å². The molecule has 3 rings (SSSR count). The van der Waals surface area contributed by atoms with Crippen molar-refractivity contribution in [3.63, 3.8) is 0 Å². The molecule has 0 spiro atoms. The first kappa shape index (κ1) is 15.2. The standard InChI is InChI=1S/C18H19N3O2/c1-14-6-5-9-17-20-16(11-21(14)17)10-19-18(22)13-23-12-15-7-3-2-4-8-15/h2-9,11H,10,12-13H2,1H3,(H,19,22). The number of nitrogens with one attached hydrogen (secondary N) is 1. The van der Waals surface area contributed by atoms with Crippen LogP contribution < -0.4 is 5.32 Å². The normalized spacial score (nSPS) is 10.8. The number of pyridine rings is 1. The van der Waals surface area contributed by atoms with E-state index in [1.807, 2.05) is 66.1 Å². The Balaban J connectivity index is 1.47. The number of amides is 1. The summed E-state index contributed by atoms with van der Waals surface area (Å²) in [6.45, 7) is 2.90. The van der Waals surface area contributed by atoms with Crippen LogP contribution in [0.15, 0.2) is 54.7 Å². The van der Waals surface area contributed by atoms with Crippen LogP contribution in [0.4, 0.5) is 0 Å². The van der Waals surface area contributed by atoms with Crippen molar-refractivity contribution >= 4 is 11.6 Å². The monoisotopic (exact) mass is 309 g/mol. The molecule has 23 heavy (non-hydrogen) atoms. The number of ether oxygens (including phenoxy) is 1. The van der Waals surface area contributed by atoms with E-state index in [-0.39, 0.29) is 12.5 Å². The first-order valence-corrected chi connectivity index (χ1v) is 7.54. The Hall–Kier alpha value is -2.66. The molecule has 3 aromatic rings. The quantitative estimate of drug-likeness (QED) is 0.761. The molecular formula is C18H19N3O2. The van der Waals surface area contributed by atoms with E-state index in [0.717, 1.165) is 22.6 Å². The van der Waals surface area contributed by atoms with E-state index in [1.54, 1.807) is 0 Å². The second kappa shape index (κ2) is 7.07. The Labute approximate surface area is 134 Å². The van der Waals surface area contributed by atoms with E-state index in [0.29, 0.717) is 13.2 Å². The van der Waals surface area contributed by atoms with Crippen molar-refractivity contribution in [2.45, 2.75) is 20.1 Å². The summed E-state index contributed by atoms with van der Waals surface area (Å²) in [7, 11) is 0. The molecule has 0 saturated carbocycles. The molecule has 0 radical (unpaired) electrons. The summed E-state index contributed by atoms with van der Waals surface area (Å²) in [4.78, 5) is 16.3. The smallest absolute Gasteiger partial charge is 0.246 e. The third kappa shape index (κ3) is 3.96. The molecule has 2 aromatic heterocycles. The number of benzene rings is 1. The van der Waals surface area contributed by atoms with Gasteiger partial charge in [0.2, 0.25) is 5.91 Å². The number of aromatic nitrogens is 2. The number of hydrogen-bond acceptors (Lipinski definition) is 3. The Morgan fingerprint density at radius 3 is 2.78 bits per heavy atom. The molecule has 0 aliphatic heterocycles. The van der Waals surface area contributed by atoms with Crippen molar-refractivity contribution in [2.24, 2.45) is 0 Å². The Morgan fingerprint density at radius 1 is 1.17 bits per heavy atom. The number of carbonyl (C=O) groups is 1. The molecule has 0 saturated heterocycles. The number of aryl methyl sites for hydroxylation is 1. The molecule has 0 fully saturated rings. The Morgan fingerprint density at radius 2 is 2.00 bits per heavy atom. The maximum Gasteiger partial charge on any atom is 0.246 e. The lowest BCUT2D eigenvalue weighted by Gasteiger charge is -2.05. The summed E-state index contributed by atoms with van der Waals surface area (Å²) < 4.78 is 7.42. The minimum atomic E-state index is -0.144. The number of carbonyl (C=O) groups excluding carboxylic acids is 1. The molecule has 0 aliphatic carbocycles. The molecule has 1 amide bonds. The average Bonchev–Trinajstić information content (AvgIpc) is 2.99. The fourth-order valence-corrected chi connectivity index (χ4v) is 2.36. The van der Waals surface area contributed by atoms with Crippen LogP contribution in [0.2, 0.25) is 0 Å². The second-order valence-electron chi connectivity index (χ2n) is 5.38. The highest BCUT2D eigenvalue weighted by molar-refractivity contribution is 5.77. The van der Waals surface area contributed by atoms with Gasteiger partial charge in [-0.1, -0.05) is 36.4 Å². The largest absolute Gasteiger partial charge is 0.367 e. The number of rotatable bonds is 6. The zero-order valence-corrected chi connectivity index (χ0v) is 13.0. The maximum atomic E-state index is 11.8. The summed E-state index contributed by atoms with van der Waals surface area (Å²) >= 11 is 0. The fourth-order valence-electron chi connectivity index (χ4n) is 2.36. The molecule has 0 bridgehead atoms. The first-order valence-electron chi connectivity index (χ1n) is 7.54. The highest BCUT2D eigenvalue weighted by atomic mass is 16.5. The molecule has 0 atom stereocenters. The van der Waals surface area contributed by atoms with Gasteiger partial charge in [0.05, 0.1) is 18.8 Å². The van der Waals surface area contributed by atoms with Gasteiger partial charge in [0.25, 0.3) is 0 Å². The van der Waals surface area contributed by atoms with Crippen LogP contribution in [0.3, 0.4) is 0 Å². The summed E-state index contributed by atoms with van der Waals surface area (Å²) in [5.41, 5.74) is 3.88. The van der Waals surface area contributed by atoms with E-state index < -0.39 is 0 Å². The first-order chi connectivity index (χ1) is 11.2. The summed E-state index contributed by atoms with van der Waals surface area (Å²) in [5, 5.41) is 2.83. The van der Waals surface area contributed by atoms with Crippen LogP contribution in [-0.2, 0) is 22.7 Å². The lowest BCUT2D eigenvalue weighted by Crippen LogP contribution is -2.27. The van der Waals surface area contributed by atoms with Gasteiger partial charge in [-0.2, -0.15) is 0 Å². The van der Waals surface area contributed by atoms with Gasteiger partial charge < -0.3 is 14.5 Å². The number of nitrogens with zero attached hydrogens (tertiary/aromatic N) is 2. The minimum absolute atomic E-state index is 0.0429. The lowest BCUT2D eigenvalue weighted by atomic mass is 10.2. The van der Waals surface area contributed by atoms with Gasteiger partial charge in [0.1, 0.15) is 12.3 Å². The second-order valence-corrected chi connectivity index (χ2v) is 5.38. The Kier molecular flexibility index (Phi) is 4.68. The highest BCUT2D eigenvalue weighted by Gasteiger charge is 2.06. The zero-order chi connectivity index (χ0) is 16.1. The summed E-state index contributed by atoms with van der Waals surface area (Å²) in [5.74, 6) is -0.144. The van der Waals surface area contributed by atoms with Crippen molar-refractivity contribution in [1.29, 1.82) is 0 Å². The summed E-state index contributed by atoms with van der Waals surface area (Å²) in [6.07, 6.45) is 1.94. The van der Waals surface area contributed by atoms with Crippen molar-refractivity contribution in [3.8, 4) is 0 Å². The van der Waals surface area contributed by atoms with Gasteiger partial charge in [0, 0.05) is 11.9 Å². The van der Waals surface area contributed by atoms with E-state index in [4.69, 9.17) is 4.74 Å². The van der Waals surface area contributed by atoms with E-state index in [1.165, 1.54) is 0 Å². The third-order valence-corrected chi connectivity index (χ3v) is 3.56. The summed E-state index contributed by atoms with van der Waals surface area (Å²) in [6, 6.07) is 15.7. The van der Waals surface area contributed by atoms with Crippen LogP contribution in [-0.4, -0.2) is 21.9 Å². The van der Waals surface area contributed by atoms with Gasteiger partial charge >= 0.3 is 0 Å². The number of hydrogen-bond donors (Lipinski definition) is 1. The van der Waals surface area contributed by atoms with Crippen LogP contribution in [0.5, 0.6) is 0 Å². The fraction of sp³-hybridized carbons (Fsp3) is 0.222. The van der Waals surface area contributed by atoms with Gasteiger partial charge in [-0.15, -0.1) is 0 Å². The highest BCUT2D eigenvalue weighted by Crippen LogP contribution is 2.08. The third-order valence-electron chi connectivity index (χ3n) is 3.56. The Bertz CT molecular complexity index is 796. The van der Waals surface area contributed by atoms with E-state index >= 15 is 0 Å². The molecule has 0 unspecified atom stereocenters. The molecule has 118 valence electrons. The van der Waals surface area contributed by atoms with Gasteiger partial charge in [-0.05, 0) is 24.6 Å². The van der Waals surface area contributed by atoms with E-state index in [9.17, 15) is 4.79 Å². The average molecular weight is 309 g/mol. The predicted molar refractivity (Wildman–Crippen MR) is 87.9 cm³/mol. The molecule has 5 nitrogen and oxygen atoms in total. The molecule has 2 heterocycles. The molecule has 0 aliphatic rings. The van der Waals surface area contributed by atoms with Gasteiger partial charge in [-0.25, -0.2) is 4.98 Å². The van der Waals surface area contributed by atoms with Gasteiger partial charge in [-0.3, -0.25) is 4.79 Å². The molecule has 1 aromatic carbocycles. The molecule has 1 N–H and O–H groups in total. The van der Waals surface area contributed by atoms with Crippen molar-refractivity contribution in [1.82, 2.24) is 14.7 Å². The van der Waals surface area contributed by atoms with Crippen LogP contribution in [0.25, 0.3) is 5.65 Å². The van der Waals surface area contributed by atoms with E-state index in [2.05, 4.69) is 10.3 Å². The van der Waals surface area contributed by atoms with Crippen molar-refractivity contribution in [3.05, 3.63) is 71.7 Å².